The van der Waals surface area contributed by atoms with E-state index in [0.29, 0.717) is 16.8 Å². The summed E-state index contributed by atoms with van der Waals surface area (Å²) in [7, 11) is 0. The van der Waals surface area contributed by atoms with E-state index >= 15 is 0 Å². The number of carbonyl (C=O) groups excluding carboxylic acids is 2. The minimum atomic E-state index is -4.41. The van der Waals surface area contributed by atoms with E-state index in [0.717, 1.165) is 74.1 Å². The van der Waals surface area contributed by atoms with Gasteiger partial charge in [0.1, 0.15) is 23.0 Å². The molecule has 86 heavy (non-hydrogen) atoms. The van der Waals surface area contributed by atoms with Crippen LogP contribution in [0.1, 0.15) is 81.8 Å². The fourth-order valence-corrected chi connectivity index (χ4v) is 10.8. The molecule has 0 unspecified atom stereocenters. The first kappa shape index (κ1) is 60.7. The predicted octanol–water partition coefficient (Wildman–Crippen LogP) is 16.5. The highest BCUT2D eigenvalue weighted by Gasteiger charge is 2.47. The SMILES string of the molecule is CC1=C2C(=O)N(CCc3cc(OCCCC(F)(F)F)cc(OCCC(C)(F)F)c3)C(c3ccc(-c4cc5ccc6cc(-c7ccc(C)nc7)cc7ccc(c4)c5c67)cn3)=C2C(=O)N1CCc1cc(OCCCC(F)(F)F)cc(OCCC(C)(F)F)c1. The maximum atomic E-state index is 15.0. The summed E-state index contributed by atoms with van der Waals surface area (Å²) in [5, 5.41) is 6.39. The molecule has 0 atom stereocenters. The molecule has 0 bridgehead atoms. The zero-order valence-electron chi connectivity index (χ0n) is 47.5. The van der Waals surface area contributed by atoms with Crippen molar-refractivity contribution in [1.82, 2.24) is 19.8 Å². The Morgan fingerprint density at radius 1 is 0.442 bits per heavy atom. The standard InChI is InChI=1S/C66H60F10N4O6/c1-39-7-8-47(37-77-39)49-31-43-9-11-45-33-50(34-46-12-10-44(32-49)57(43)58(45)46)48-13-14-55(78-38-48)60-59-56(61(81)80(60)22-16-42-28-52(84-24-6-18-66(74,75)76)36-54(30-42)86-26-20-64(4,69)70)40(2)79(62(59)82)21-15-41-27-51(83-23-5-17-65(71,72)73)35-53(29-41)85-25-19-63(3,67)68/h7-14,27-38H,5-6,15-26H2,1-4H3. The molecule has 0 N–H and O–H groups in total. The minimum absolute atomic E-state index is 0.0159. The van der Waals surface area contributed by atoms with Gasteiger partial charge in [0.15, 0.2) is 0 Å². The Morgan fingerprint density at radius 2 is 0.849 bits per heavy atom. The lowest BCUT2D eigenvalue weighted by molar-refractivity contribution is -0.137. The molecule has 2 aliphatic rings. The molecule has 2 aromatic heterocycles. The van der Waals surface area contributed by atoms with Crippen LogP contribution in [0.2, 0.25) is 0 Å². The molecule has 6 aromatic carbocycles. The zero-order valence-corrected chi connectivity index (χ0v) is 47.5. The first-order valence-electron chi connectivity index (χ1n) is 28.1. The Labute approximate surface area is 489 Å². The van der Waals surface area contributed by atoms with Crippen molar-refractivity contribution >= 4 is 49.8 Å². The van der Waals surface area contributed by atoms with E-state index in [2.05, 4.69) is 59.6 Å². The molecule has 0 fully saturated rings. The Bertz CT molecular complexity index is 3800. The molecule has 4 heterocycles. The molecule has 450 valence electrons. The Kier molecular flexibility index (Phi) is 17.3. The van der Waals surface area contributed by atoms with Gasteiger partial charge >= 0.3 is 12.4 Å². The first-order valence-corrected chi connectivity index (χ1v) is 28.1. The molecule has 10 nitrogen and oxygen atoms in total. The van der Waals surface area contributed by atoms with Gasteiger partial charge < -0.3 is 28.7 Å². The zero-order chi connectivity index (χ0) is 61.3. The molecule has 0 aliphatic carbocycles. The van der Waals surface area contributed by atoms with E-state index in [1.54, 1.807) is 43.5 Å². The molecule has 0 saturated heterocycles. The Hall–Kier alpha value is -8.42. The average molecular weight is 1200 g/mol. The van der Waals surface area contributed by atoms with Gasteiger partial charge in [-0.05, 0) is 169 Å². The molecule has 0 spiro atoms. The lowest BCUT2D eigenvalue weighted by atomic mass is 9.90. The van der Waals surface area contributed by atoms with Crippen LogP contribution in [0.15, 0.2) is 138 Å². The summed E-state index contributed by atoms with van der Waals surface area (Å²) in [5.74, 6) is -6.69. The Morgan fingerprint density at radius 3 is 1.24 bits per heavy atom. The number of rotatable bonds is 25. The van der Waals surface area contributed by atoms with Gasteiger partial charge in [-0.3, -0.25) is 19.6 Å². The summed E-state index contributed by atoms with van der Waals surface area (Å²) in [6.45, 7) is 3.58. The summed E-state index contributed by atoms with van der Waals surface area (Å²) in [6, 6.07) is 33.5. The number of carbonyl (C=O) groups is 2. The topological polar surface area (TPSA) is 103 Å². The van der Waals surface area contributed by atoms with Crippen LogP contribution in [0, 0.1) is 6.92 Å². The number of benzene rings is 6. The van der Waals surface area contributed by atoms with Gasteiger partial charge in [-0.2, -0.15) is 26.3 Å². The number of hydrogen-bond donors (Lipinski definition) is 0. The fourth-order valence-electron chi connectivity index (χ4n) is 10.8. The third kappa shape index (κ3) is 14.6. The molecular weight excluding hydrogens is 1130 g/mol. The number of amides is 2. The second-order valence-electron chi connectivity index (χ2n) is 22.0. The summed E-state index contributed by atoms with van der Waals surface area (Å²) < 4.78 is 156. The largest absolute Gasteiger partial charge is 0.493 e. The molecule has 0 radical (unpaired) electrons. The van der Waals surface area contributed by atoms with E-state index in [4.69, 9.17) is 23.9 Å². The summed E-state index contributed by atoms with van der Waals surface area (Å²) >= 11 is 0. The molecule has 2 aliphatic heterocycles. The van der Waals surface area contributed by atoms with Crippen molar-refractivity contribution in [1.29, 1.82) is 0 Å². The second-order valence-corrected chi connectivity index (χ2v) is 22.0. The molecule has 20 heteroatoms. The molecular formula is C66H60F10N4O6. The monoisotopic (exact) mass is 1190 g/mol. The lowest BCUT2D eigenvalue weighted by Gasteiger charge is -2.24. The molecule has 0 saturated carbocycles. The van der Waals surface area contributed by atoms with Gasteiger partial charge in [0, 0.05) is 85.8 Å². The van der Waals surface area contributed by atoms with E-state index in [9.17, 15) is 53.5 Å². The van der Waals surface area contributed by atoms with Crippen molar-refractivity contribution in [2.75, 3.05) is 39.5 Å². The normalized spacial score (nSPS) is 14.3. The van der Waals surface area contributed by atoms with Crippen molar-refractivity contribution in [3.8, 4) is 45.3 Å². The van der Waals surface area contributed by atoms with E-state index in [1.807, 2.05) is 25.3 Å². The Balaban J connectivity index is 0.964. The van der Waals surface area contributed by atoms with Crippen molar-refractivity contribution in [3.05, 3.63) is 161 Å². The highest BCUT2D eigenvalue weighted by atomic mass is 19.4. The van der Waals surface area contributed by atoms with E-state index in [-0.39, 0.29) is 104 Å². The molecule has 8 aromatic rings. The summed E-state index contributed by atoms with van der Waals surface area (Å²) in [6.07, 6.45) is -9.23. The van der Waals surface area contributed by atoms with E-state index in [1.165, 1.54) is 21.9 Å². The lowest BCUT2D eigenvalue weighted by Crippen LogP contribution is -2.32. The van der Waals surface area contributed by atoms with Crippen LogP contribution in [0.5, 0.6) is 23.0 Å². The van der Waals surface area contributed by atoms with Crippen molar-refractivity contribution < 1.29 is 72.4 Å². The summed E-state index contributed by atoms with van der Waals surface area (Å²) in [5.41, 5.74) is 6.49. The van der Waals surface area contributed by atoms with Crippen LogP contribution in [-0.2, 0) is 22.4 Å². The quantitative estimate of drug-likeness (QED) is 0.0317. The second kappa shape index (κ2) is 24.5. The number of fused-ring (bicyclic) bond motifs is 1. The van der Waals surface area contributed by atoms with Crippen molar-refractivity contribution in [2.24, 2.45) is 0 Å². The van der Waals surface area contributed by atoms with Crippen LogP contribution >= 0.6 is 0 Å². The minimum Gasteiger partial charge on any atom is -0.493 e. The molecule has 10 rings (SSSR count). The van der Waals surface area contributed by atoms with Crippen molar-refractivity contribution in [2.45, 2.75) is 103 Å². The van der Waals surface area contributed by atoms with E-state index < -0.39 is 68.3 Å². The number of aryl methyl sites for hydroxylation is 1. The summed E-state index contributed by atoms with van der Waals surface area (Å²) in [4.78, 5) is 42.2. The smallest absolute Gasteiger partial charge is 0.389 e. The highest BCUT2D eigenvalue weighted by molar-refractivity contribution is 6.26. The van der Waals surface area contributed by atoms with Gasteiger partial charge in [-0.25, -0.2) is 17.6 Å². The number of pyridine rings is 2. The van der Waals surface area contributed by atoms with Gasteiger partial charge in [-0.1, -0.05) is 36.4 Å². The van der Waals surface area contributed by atoms with Crippen LogP contribution in [0.4, 0.5) is 43.9 Å². The average Bonchev–Trinajstić information content (AvgIpc) is 1.37. The number of allylic oxidation sites excluding steroid dienone is 1. The molecule has 2 amide bonds. The third-order valence-corrected chi connectivity index (χ3v) is 15.1. The maximum Gasteiger partial charge on any atom is 0.389 e. The van der Waals surface area contributed by atoms with Gasteiger partial charge in [0.2, 0.25) is 11.8 Å². The van der Waals surface area contributed by atoms with Gasteiger partial charge in [-0.15, -0.1) is 0 Å². The number of nitrogens with zero attached hydrogens (tertiary/aromatic N) is 4. The van der Waals surface area contributed by atoms with Crippen LogP contribution in [0.25, 0.3) is 60.3 Å². The number of hydrogen-bond acceptors (Lipinski definition) is 8. The van der Waals surface area contributed by atoms with Gasteiger partial charge in [0.25, 0.3) is 11.8 Å². The number of alkyl halides is 10. The fraction of sp³-hybridized carbons (Fsp3) is 0.333. The number of ether oxygens (including phenoxy) is 4. The van der Waals surface area contributed by atoms with Crippen LogP contribution in [0.3, 0.4) is 0 Å². The first-order chi connectivity index (χ1) is 40.7. The maximum absolute atomic E-state index is 15.0. The highest BCUT2D eigenvalue weighted by Crippen LogP contribution is 2.45. The number of aromatic nitrogens is 2. The van der Waals surface area contributed by atoms with Crippen molar-refractivity contribution in [3.63, 3.8) is 0 Å². The van der Waals surface area contributed by atoms with Gasteiger partial charge in [0.05, 0.1) is 49.0 Å². The van der Waals surface area contributed by atoms with Crippen LogP contribution in [-0.4, -0.2) is 95.3 Å². The third-order valence-electron chi connectivity index (χ3n) is 15.1. The van der Waals surface area contributed by atoms with Crippen LogP contribution < -0.4 is 18.9 Å². The number of halogens is 10. The predicted molar refractivity (Wildman–Crippen MR) is 308 cm³/mol.